The van der Waals surface area contributed by atoms with Gasteiger partial charge in [-0.15, -0.1) is 0 Å². The third-order valence-electron chi connectivity index (χ3n) is 7.75. The molecule has 0 aromatic rings. The Morgan fingerprint density at radius 2 is 1.84 bits per heavy atom. The topological polar surface area (TPSA) is 124 Å². The molecule has 2 aliphatic carbocycles. The lowest BCUT2D eigenvalue weighted by Crippen LogP contribution is -2.53. The highest BCUT2D eigenvalue weighted by atomic mass is 16.7. The Morgan fingerprint density at radius 1 is 1.16 bits per heavy atom. The number of epoxide rings is 2. The number of ether oxygens (including phenoxy) is 5. The van der Waals surface area contributed by atoms with E-state index in [2.05, 4.69) is 6.58 Å². The van der Waals surface area contributed by atoms with Crippen molar-refractivity contribution in [1.29, 1.82) is 0 Å². The largest absolute Gasteiger partial charge is 0.458 e. The fourth-order valence-corrected chi connectivity index (χ4v) is 6.10. The maximum absolute atomic E-state index is 12.8. The van der Waals surface area contributed by atoms with E-state index >= 15 is 0 Å². The smallest absolute Gasteiger partial charge is 0.337 e. The first-order valence-electron chi connectivity index (χ1n) is 10.4. The summed E-state index contributed by atoms with van der Waals surface area (Å²) in [4.78, 5) is 36.5. The van der Waals surface area contributed by atoms with Gasteiger partial charge in [0, 0.05) is 18.9 Å². The van der Waals surface area contributed by atoms with Gasteiger partial charge >= 0.3 is 17.9 Å². The predicted molar refractivity (Wildman–Crippen MR) is 102 cm³/mol. The number of aliphatic hydroxyl groups is 1. The van der Waals surface area contributed by atoms with Crippen LogP contribution in [0.2, 0.25) is 0 Å². The minimum atomic E-state index is -1.35. The van der Waals surface area contributed by atoms with E-state index in [1.165, 1.54) is 20.8 Å². The van der Waals surface area contributed by atoms with Crippen molar-refractivity contribution < 1.29 is 43.2 Å². The van der Waals surface area contributed by atoms with Gasteiger partial charge in [0.15, 0.2) is 0 Å². The van der Waals surface area contributed by atoms with Crippen LogP contribution in [0.1, 0.15) is 41.0 Å². The van der Waals surface area contributed by atoms with Crippen LogP contribution in [0.15, 0.2) is 23.5 Å². The average Bonchev–Trinajstić information content (AvgIpc) is 3.51. The Balaban J connectivity index is 1.51. The van der Waals surface area contributed by atoms with Gasteiger partial charge in [-0.25, -0.2) is 9.59 Å². The van der Waals surface area contributed by atoms with Crippen LogP contribution in [0, 0.1) is 11.8 Å². The Hall–Kier alpha value is -2.23. The van der Waals surface area contributed by atoms with Gasteiger partial charge in [-0.2, -0.15) is 0 Å². The summed E-state index contributed by atoms with van der Waals surface area (Å²) in [6, 6.07) is 0. The molecular formula is C22H26O9. The molecule has 1 N–H and O–H groups in total. The molecule has 0 aromatic carbocycles. The fraction of sp³-hybridized carbons (Fsp3) is 0.682. The van der Waals surface area contributed by atoms with Crippen LogP contribution in [-0.2, 0) is 38.1 Å². The van der Waals surface area contributed by atoms with Crippen molar-refractivity contribution in [3.05, 3.63) is 23.5 Å². The maximum atomic E-state index is 12.8. The second kappa shape index (κ2) is 5.96. The van der Waals surface area contributed by atoms with E-state index < -0.39 is 58.8 Å². The zero-order valence-corrected chi connectivity index (χ0v) is 18.1. The minimum Gasteiger partial charge on any atom is -0.458 e. The monoisotopic (exact) mass is 434 g/mol. The summed E-state index contributed by atoms with van der Waals surface area (Å²) in [6.07, 6.45) is -2.02. The SMILES string of the molecule is C=C1C(=O)OC2C1C(OC(=O)C(C)=C(C)OC(C)=O)CC(C)(O)C13OC1C1OC1(C)C23. The van der Waals surface area contributed by atoms with Crippen LogP contribution in [0.3, 0.4) is 0 Å². The van der Waals surface area contributed by atoms with Crippen LogP contribution in [-0.4, -0.2) is 64.2 Å². The highest BCUT2D eigenvalue weighted by Gasteiger charge is 2.93. The molecule has 5 aliphatic rings. The van der Waals surface area contributed by atoms with Crippen molar-refractivity contribution in [3.63, 3.8) is 0 Å². The van der Waals surface area contributed by atoms with Gasteiger partial charge in [0.1, 0.15) is 41.4 Å². The van der Waals surface area contributed by atoms with Gasteiger partial charge in [-0.05, 0) is 27.7 Å². The van der Waals surface area contributed by atoms with Gasteiger partial charge < -0.3 is 28.8 Å². The molecular weight excluding hydrogens is 408 g/mol. The molecule has 31 heavy (non-hydrogen) atoms. The van der Waals surface area contributed by atoms with E-state index in [-0.39, 0.29) is 35.5 Å². The molecule has 9 nitrogen and oxygen atoms in total. The predicted octanol–water partition coefficient (Wildman–Crippen LogP) is 0.933. The van der Waals surface area contributed by atoms with Crippen molar-refractivity contribution >= 4 is 17.9 Å². The third-order valence-corrected chi connectivity index (χ3v) is 7.75. The maximum Gasteiger partial charge on any atom is 0.337 e. The number of carbonyl (C=O) groups excluding carboxylic acids is 3. The van der Waals surface area contributed by atoms with Gasteiger partial charge in [0.2, 0.25) is 0 Å². The highest BCUT2D eigenvalue weighted by Crippen LogP contribution is 2.75. The molecule has 0 aromatic heterocycles. The Morgan fingerprint density at radius 3 is 2.48 bits per heavy atom. The molecule has 168 valence electrons. The molecule has 3 aliphatic heterocycles. The normalized spacial score (nSPS) is 49.5. The second-order valence-electron chi connectivity index (χ2n) is 9.65. The third kappa shape index (κ3) is 2.51. The lowest BCUT2D eigenvalue weighted by atomic mass is 9.74. The molecule has 2 saturated carbocycles. The number of fused-ring (bicyclic) bond motifs is 5. The number of esters is 3. The lowest BCUT2D eigenvalue weighted by Gasteiger charge is -2.36. The molecule has 9 unspecified atom stereocenters. The zero-order chi connectivity index (χ0) is 22.7. The first kappa shape index (κ1) is 20.7. The molecule has 5 fully saturated rings. The molecule has 3 heterocycles. The van der Waals surface area contributed by atoms with E-state index in [1.54, 1.807) is 6.92 Å². The van der Waals surface area contributed by atoms with Crippen molar-refractivity contribution in [2.75, 3.05) is 0 Å². The molecule has 3 saturated heterocycles. The Bertz CT molecular complexity index is 964. The molecule has 0 bridgehead atoms. The van der Waals surface area contributed by atoms with Gasteiger partial charge in [-0.1, -0.05) is 6.58 Å². The molecule has 0 radical (unpaired) electrons. The highest BCUT2D eigenvalue weighted by molar-refractivity contribution is 5.92. The molecule has 9 atom stereocenters. The number of carbonyl (C=O) groups is 3. The van der Waals surface area contributed by atoms with Gasteiger partial charge in [0.05, 0.1) is 23.0 Å². The van der Waals surface area contributed by atoms with E-state index in [4.69, 9.17) is 23.7 Å². The first-order valence-corrected chi connectivity index (χ1v) is 10.4. The number of hydrogen-bond donors (Lipinski definition) is 1. The Labute approximate surface area is 179 Å². The first-order chi connectivity index (χ1) is 14.3. The van der Waals surface area contributed by atoms with Gasteiger partial charge in [-0.3, -0.25) is 4.79 Å². The lowest BCUT2D eigenvalue weighted by molar-refractivity contribution is -0.150. The number of rotatable bonds is 3. The molecule has 1 spiro atoms. The van der Waals surface area contributed by atoms with Crippen molar-refractivity contribution in [2.45, 2.75) is 82.3 Å². The summed E-state index contributed by atoms with van der Waals surface area (Å²) in [5, 5.41) is 11.5. The summed E-state index contributed by atoms with van der Waals surface area (Å²) in [5.74, 6) is -2.77. The van der Waals surface area contributed by atoms with Crippen molar-refractivity contribution in [2.24, 2.45) is 11.8 Å². The van der Waals surface area contributed by atoms with E-state index in [9.17, 15) is 19.5 Å². The van der Waals surface area contributed by atoms with E-state index in [1.807, 2.05) is 6.92 Å². The van der Waals surface area contributed by atoms with Crippen LogP contribution in [0.4, 0.5) is 0 Å². The van der Waals surface area contributed by atoms with E-state index in [0.29, 0.717) is 0 Å². The Kier molecular flexibility index (Phi) is 3.97. The summed E-state index contributed by atoms with van der Waals surface area (Å²) >= 11 is 0. The average molecular weight is 434 g/mol. The standard InChI is InChI=1S/C22H26O9/c1-8(10(3)27-11(4)23)18(24)28-12-7-20(5,26)22-15(14-13(12)9(2)19(25)29-14)21(6)16(30-21)17(22)31-22/h12-17,26H,2,7H2,1,3-6H3. The van der Waals surface area contributed by atoms with E-state index in [0.717, 1.165) is 0 Å². The molecule has 5 rings (SSSR count). The number of hydrogen-bond acceptors (Lipinski definition) is 9. The molecule has 9 heteroatoms. The minimum absolute atomic E-state index is 0.0330. The zero-order valence-electron chi connectivity index (χ0n) is 18.1. The number of allylic oxidation sites excluding steroid dienone is 1. The van der Waals surface area contributed by atoms with Crippen LogP contribution >= 0.6 is 0 Å². The second-order valence-corrected chi connectivity index (χ2v) is 9.65. The van der Waals surface area contributed by atoms with Crippen molar-refractivity contribution in [1.82, 2.24) is 0 Å². The van der Waals surface area contributed by atoms with Crippen molar-refractivity contribution in [3.8, 4) is 0 Å². The quantitative estimate of drug-likeness (QED) is 0.227. The van der Waals surface area contributed by atoms with Crippen LogP contribution in [0.5, 0.6) is 0 Å². The molecule has 0 amide bonds. The summed E-state index contributed by atoms with van der Waals surface area (Å²) in [7, 11) is 0. The summed E-state index contributed by atoms with van der Waals surface area (Å²) in [5.41, 5.74) is -2.56. The summed E-state index contributed by atoms with van der Waals surface area (Å²) in [6.45, 7) is 11.7. The fourth-order valence-electron chi connectivity index (χ4n) is 6.10. The van der Waals surface area contributed by atoms with Crippen LogP contribution < -0.4 is 0 Å². The summed E-state index contributed by atoms with van der Waals surface area (Å²) < 4.78 is 28.4. The van der Waals surface area contributed by atoms with Crippen LogP contribution in [0.25, 0.3) is 0 Å². The van der Waals surface area contributed by atoms with Gasteiger partial charge in [0.25, 0.3) is 0 Å².